The van der Waals surface area contributed by atoms with Crippen LogP contribution >= 0.6 is 0 Å². The van der Waals surface area contributed by atoms with Crippen LogP contribution < -0.4 is 9.80 Å². The summed E-state index contributed by atoms with van der Waals surface area (Å²) < 4.78 is 5.58. The van der Waals surface area contributed by atoms with Crippen LogP contribution in [0.25, 0.3) is 11.0 Å². The lowest BCUT2D eigenvalue weighted by Gasteiger charge is -2.48. The van der Waals surface area contributed by atoms with Crippen LogP contribution in [0.15, 0.2) is 47.3 Å². The molecule has 7 heteroatoms. The minimum atomic E-state index is 0.581. The van der Waals surface area contributed by atoms with E-state index in [2.05, 4.69) is 42.0 Å². The first-order valence-electron chi connectivity index (χ1n) is 8.72. The van der Waals surface area contributed by atoms with Gasteiger partial charge >= 0.3 is 0 Å². The predicted molar refractivity (Wildman–Crippen MR) is 95.8 cm³/mol. The summed E-state index contributed by atoms with van der Waals surface area (Å²) in [6, 6.07) is 8.61. The van der Waals surface area contributed by atoms with E-state index in [4.69, 9.17) is 4.42 Å². The van der Waals surface area contributed by atoms with Crippen molar-refractivity contribution in [1.29, 1.82) is 0 Å². The number of aromatic nitrogens is 3. The monoisotopic (exact) mass is 336 g/mol. The van der Waals surface area contributed by atoms with E-state index in [1.54, 1.807) is 12.5 Å². The van der Waals surface area contributed by atoms with Crippen molar-refractivity contribution in [1.82, 2.24) is 20.1 Å². The van der Waals surface area contributed by atoms with Crippen LogP contribution in [0, 0.1) is 0 Å². The minimum absolute atomic E-state index is 0.581. The van der Waals surface area contributed by atoms with E-state index in [9.17, 15) is 0 Å². The van der Waals surface area contributed by atoms with Crippen molar-refractivity contribution < 1.29 is 4.42 Å². The highest BCUT2D eigenvalue weighted by atomic mass is 16.3. The van der Waals surface area contributed by atoms with Crippen molar-refractivity contribution in [2.75, 3.05) is 49.1 Å². The van der Waals surface area contributed by atoms with Gasteiger partial charge in [0.2, 0.25) is 0 Å². The van der Waals surface area contributed by atoms with E-state index in [0.29, 0.717) is 6.04 Å². The smallest absolute Gasteiger partial charge is 0.195 e. The van der Waals surface area contributed by atoms with Crippen molar-refractivity contribution in [2.45, 2.75) is 6.04 Å². The zero-order chi connectivity index (χ0) is 16.6. The topological polar surface area (TPSA) is 61.5 Å². The molecule has 0 N–H and O–H groups in total. The summed E-state index contributed by atoms with van der Waals surface area (Å²) in [5.74, 6) is 1.95. The predicted octanol–water partition coefficient (Wildman–Crippen LogP) is 1.63. The number of nitrogens with zero attached hydrogens (tertiary/aromatic N) is 6. The molecule has 2 saturated heterocycles. The summed E-state index contributed by atoms with van der Waals surface area (Å²) in [6.45, 7) is 6.18. The van der Waals surface area contributed by atoms with E-state index < -0.39 is 0 Å². The molecule has 0 atom stereocenters. The van der Waals surface area contributed by atoms with E-state index in [-0.39, 0.29) is 0 Å². The number of furan rings is 1. The molecule has 5 rings (SSSR count). The maximum Gasteiger partial charge on any atom is 0.195 e. The van der Waals surface area contributed by atoms with Gasteiger partial charge in [0, 0.05) is 56.9 Å². The van der Waals surface area contributed by atoms with Crippen LogP contribution in [0.3, 0.4) is 0 Å². The molecule has 7 nitrogen and oxygen atoms in total. The van der Waals surface area contributed by atoms with Gasteiger partial charge in [-0.1, -0.05) is 6.07 Å². The molecule has 0 bridgehead atoms. The quantitative estimate of drug-likeness (QED) is 0.720. The third-order valence-electron chi connectivity index (χ3n) is 5.21. The normalized spacial score (nSPS) is 19.4. The highest BCUT2D eigenvalue weighted by Gasteiger charge is 2.35. The third kappa shape index (κ3) is 2.60. The molecule has 2 aliphatic rings. The Morgan fingerprint density at radius 2 is 1.88 bits per heavy atom. The second kappa shape index (κ2) is 6.00. The highest BCUT2D eigenvalue weighted by molar-refractivity contribution is 5.86. The van der Waals surface area contributed by atoms with E-state index in [1.165, 1.54) is 0 Å². The minimum Gasteiger partial charge on any atom is -0.460 e. The maximum absolute atomic E-state index is 5.58. The fraction of sp³-hybridized carbons (Fsp3) is 0.389. The number of anilines is 2. The second-order valence-corrected chi connectivity index (χ2v) is 6.64. The van der Waals surface area contributed by atoms with Gasteiger partial charge in [0.05, 0.1) is 12.5 Å². The van der Waals surface area contributed by atoms with Gasteiger partial charge in [-0.15, -0.1) is 5.10 Å². The lowest BCUT2D eigenvalue weighted by molar-refractivity contribution is 0.156. The lowest BCUT2D eigenvalue weighted by Crippen LogP contribution is -2.63. The molecule has 25 heavy (non-hydrogen) atoms. The summed E-state index contributed by atoms with van der Waals surface area (Å²) in [6.07, 6.45) is 5.31. The first kappa shape index (κ1) is 14.7. The lowest BCUT2D eigenvalue weighted by atomic mass is 10.1. The van der Waals surface area contributed by atoms with Gasteiger partial charge in [-0.3, -0.25) is 4.90 Å². The number of fused-ring (bicyclic) bond motifs is 1. The standard InChI is InChI=1S/C18H20N6O/c1-2-5-19-16(3-1)23-8-6-22(7-9-23)15-12-24(13-15)18-17-14(4-10-25-17)11-20-21-18/h1-5,10-11,15H,6-9,12-13H2. The average molecular weight is 336 g/mol. The van der Waals surface area contributed by atoms with Crippen molar-refractivity contribution in [3.8, 4) is 0 Å². The van der Waals surface area contributed by atoms with Crippen LogP contribution in [0.2, 0.25) is 0 Å². The van der Waals surface area contributed by atoms with Crippen LogP contribution in [0.1, 0.15) is 0 Å². The van der Waals surface area contributed by atoms with E-state index in [0.717, 1.165) is 61.9 Å². The maximum atomic E-state index is 5.58. The Morgan fingerprint density at radius 3 is 2.68 bits per heavy atom. The molecular formula is C18H20N6O. The van der Waals surface area contributed by atoms with E-state index in [1.807, 2.05) is 18.3 Å². The molecule has 2 fully saturated rings. The molecule has 0 spiro atoms. The first-order chi connectivity index (χ1) is 12.4. The fourth-order valence-corrected chi connectivity index (χ4v) is 3.72. The molecule has 3 aromatic heterocycles. The zero-order valence-electron chi connectivity index (χ0n) is 14.0. The third-order valence-corrected chi connectivity index (χ3v) is 5.21. The average Bonchev–Trinajstić information content (AvgIpc) is 3.11. The number of hydrogen-bond acceptors (Lipinski definition) is 7. The molecule has 3 aromatic rings. The molecule has 0 unspecified atom stereocenters. The van der Waals surface area contributed by atoms with Crippen molar-refractivity contribution in [3.63, 3.8) is 0 Å². The largest absolute Gasteiger partial charge is 0.460 e. The number of hydrogen-bond donors (Lipinski definition) is 0. The van der Waals surface area contributed by atoms with Gasteiger partial charge in [-0.2, -0.15) is 5.10 Å². The first-order valence-corrected chi connectivity index (χ1v) is 8.72. The van der Waals surface area contributed by atoms with Crippen LogP contribution in [-0.2, 0) is 0 Å². The second-order valence-electron chi connectivity index (χ2n) is 6.64. The number of piperazine rings is 1. The Kier molecular flexibility index (Phi) is 3.52. The highest BCUT2D eigenvalue weighted by Crippen LogP contribution is 2.29. The summed E-state index contributed by atoms with van der Waals surface area (Å²) in [7, 11) is 0. The molecule has 2 aliphatic heterocycles. The number of pyridine rings is 1. The van der Waals surface area contributed by atoms with Gasteiger partial charge in [-0.05, 0) is 18.2 Å². The summed E-state index contributed by atoms with van der Waals surface area (Å²) in [5, 5.41) is 9.38. The summed E-state index contributed by atoms with van der Waals surface area (Å²) in [5.41, 5.74) is 0.841. The van der Waals surface area contributed by atoms with Gasteiger partial charge in [0.25, 0.3) is 0 Å². The Morgan fingerprint density at radius 1 is 1.00 bits per heavy atom. The Bertz CT molecular complexity index is 852. The Hall–Kier alpha value is -2.67. The molecular weight excluding hydrogens is 316 g/mol. The SMILES string of the molecule is c1ccc(N2CCN(C3CN(c4nncc5ccoc45)C3)CC2)nc1. The molecule has 128 valence electrons. The van der Waals surface area contributed by atoms with Crippen molar-refractivity contribution >= 4 is 22.6 Å². The van der Waals surface area contributed by atoms with Crippen molar-refractivity contribution in [2.24, 2.45) is 0 Å². The Balaban J connectivity index is 1.20. The Labute approximate surface area is 145 Å². The number of rotatable bonds is 3. The van der Waals surface area contributed by atoms with Crippen molar-refractivity contribution in [3.05, 3.63) is 42.9 Å². The van der Waals surface area contributed by atoms with Gasteiger partial charge < -0.3 is 14.2 Å². The summed E-state index contributed by atoms with van der Waals surface area (Å²) >= 11 is 0. The van der Waals surface area contributed by atoms with Gasteiger partial charge in [-0.25, -0.2) is 4.98 Å². The molecule has 5 heterocycles. The molecule has 0 aliphatic carbocycles. The van der Waals surface area contributed by atoms with E-state index >= 15 is 0 Å². The summed E-state index contributed by atoms with van der Waals surface area (Å²) in [4.78, 5) is 11.7. The van der Waals surface area contributed by atoms with Gasteiger partial charge in [0.15, 0.2) is 11.4 Å². The molecule has 0 radical (unpaired) electrons. The zero-order valence-corrected chi connectivity index (χ0v) is 14.0. The molecule has 0 aromatic carbocycles. The van der Waals surface area contributed by atoms with Crippen LogP contribution in [0.5, 0.6) is 0 Å². The fourth-order valence-electron chi connectivity index (χ4n) is 3.72. The van der Waals surface area contributed by atoms with Crippen LogP contribution in [0.4, 0.5) is 11.6 Å². The van der Waals surface area contributed by atoms with Gasteiger partial charge in [0.1, 0.15) is 5.82 Å². The molecule has 0 saturated carbocycles. The van der Waals surface area contributed by atoms with Crippen LogP contribution in [-0.4, -0.2) is 65.4 Å². The molecule has 0 amide bonds.